The Balaban J connectivity index is 0.000000218. The molecule has 14 rings (SSSR count). The molecule has 0 aliphatic rings. The lowest BCUT2D eigenvalue weighted by atomic mass is 9.77. The molecule has 0 aliphatic heterocycles. The Morgan fingerprint density at radius 1 is 0.317 bits per heavy atom. The van der Waals surface area contributed by atoms with Crippen molar-refractivity contribution in [2.24, 2.45) is 0 Å². The van der Waals surface area contributed by atoms with Gasteiger partial charge >= 0.3 is 0 Å². The van der Waals surface area contributed by atoms with Crippen molar-refractivity contribution in [2.75, 3.05) is 7.11 Å². The Morgan fingerprint density at radius 2 is 0.563 bits per heavy atom. The van der Waals surface area contributed by atoms with Crippen molar-refractivity contribution in [2.45, 2.75) is 111 Å². The van der Waals surface area contributed by atoms with Crippen molar-refractivity contribution in [3.05, 3.63) is 470 Å². The van der Waals surface area contributed by atoms with E-state index < -0.39 is 11.6 Å². The number of rotatable bonds is 27. The van der Waals surface area contributed by atoms with E-state index in [1.807, 2.05) is 179 Å². The summed E-state index contributed by atoms with van der Waals surface area (Å²) in [5, 5.41) is 38.5. The van der Waals surface area contributed by atoms with Crippen molar-refractivity contribution in [1.29, 1.82) is 0 Å². The molecule has 0 bridgehead atoms. The van der Waals surface area contributed by atoms with Crippen LogP contribution in [0.2, 0.25) is 0 Å². The van der Waals surface area contributed by atoms with Crippen LogP contribution in [0.15, 0.2) is 353 Å². The molecule has 0 atom stereocenters. The Kier molecular flexibility index (Phi) is 30.3. The van der Waals surface area contributed by atoms with E-state index in [1.165, 1.54) is 54.1 Å². The third kappa shape index (κ3) is 23.2. The lowest BCUT2D eigenvalue weighted by Crippen LogP contribution is -2.19. The fourth-order valence-electron chi connectivity index (χ4n) is 14.5. The maximum absolute atomic E-state index is 13.6. The van der Waals surface area contributed by atoms with E-state index in [9.17, 15) is 43.6 Å². The zero-order valence-corrected chi connectivity index (χ0v) is 73.2. The summed E-state index contributed by atoms with van der Waals surface area (Å²) in [5.41, 5.74) is 16.1. The van der Waals surface area contributed by atoms with Crippen molar-refractivity contribution in [3.63, 3.8) is 0 Å². The van der Waals surface area contributed by atoms with Gasteiger partial charge in [0.25, 0.3) is 0 Å². The first-order valence-corrected chi connectivity index (χ1v) is 41.6. The van der Waals surface area contributed by atoms with Crippen LogP contribution in [0, 0.1) is 18.6 Å². The minimum absolute atomic E-state index is 0.0186. The van der Waals surface area contributed by atoms with E-state index in [4.69, 9.17) is 18.9 Å². The number of aromatic hydroxyl groups is 4. The molecule has 0 spiro atoms. The Bertz CT molecular complexity index is 5990. The van der Waals surface area contributed by atoms with Crippen LogP contribution in [0.3, 0.4) is 0 Å². The standard InChI is InChI=1S/C64H58O6.C21H24O2.C15H16O2.C13H8F2O/c1-9-11-48-41-52(27-39-59(48)67-8)64(6,7)53-28-40-60(49(42-53)12-10-2)70-58-33-21-47(22-34-58)62(66)46-19-31-55(32-20-46)69-57-37-25-51(26-38-57)63(4,5)50-23-35-56(36-24-50)68-54-29-17-45(18-30-54)61(65)44-15-13-43(3)14-16-44;1-5-7-15-13-17(9-11-19(15)22)21(3,4)18-10-12-20(23)16(14-18)8-6-2;1-15(2,11-3-7-13(16)8-4-11)12-5-9-14(17)10-6-12;14-11-5-1-9(2-6-11)13(16)10-3-7-12(15)8-4-10/h9-42H,1-8H3;5-6,9-14,22-23H,1-2,7-8H2,3-4H3;3-10,16-17H,1-2H3;1-8H. The number of carbonyl (C=O) groups is 3. The number of halogens is 2. The second-order valence-corrected chi connectivity index (χ2v) is 32.8. The van der Waals surface area contributed by atoms with Gasteiger partial charge < -0.3 is 39.4 Å². The summed E-state index contributed by atoms with van der Waals surface area (Å²) in [6, 6.07) is 94.4. The lowest BCUT2D eigenvalue weighted by molar-refractivity contribution is 0.103. The first-order valence-electron chi connectivity index (χ1n) is 41.6. The summed E-state index contributed by atoms with van der Waals surface area (Å²) < 4.78 is 49.6. The zero-order chi connectivity index (χ0) is 90.5. The van der Waals surface area contributed by atoms with Crippen LogP contribution in [0.5, 0.6) is 63.2 Å². The topological polar surface area (TPSA) is 169 Å². The number of hydrogen-bond donors (Lipinski definition) is 4. The van der Waals surface area contributed by atoms with Crippen molar-refractivity contribution in [3.8, 4) is 63.2 Å². The summed E-state index contributed by atoms with van der Waals surface area (Å²) in [6.45, 7) is 30.8. The number of benzene rings is 14. The first kappa shape index (κ1) is 92.0. The van der Waals surface area contributed by atoms with Gasteiger partial charge in [-0.2, -0.15) is 0 Å². The molecule has 0 saturated carbocycles. The van der Waals surface area contributed by atoms with Gasteiger partial charge in [0.15, 0.2) is 17.3 Å². The van der Waals surface area contributed by atoms with Crippen molar-refractivity contribution >= 4 is 29.5 Å². The molecule has 0 radical (unpaired) electrons. The highest BCUT2D eigenvalue weighted by Gasteiger charge is 2.29. The first-order chi connectivity index (χ1) is 60.3. The Labute approximate surface area is 738 Å². The van der Waals surface area contributed by atoms with Crippen LogP contribution in [-0.2, 0) is 34.5 Å². The average Bonchev–Trinajstić information content (AvgIpc) is 0.790. The van der Waals surface area contributed by atoms with Gasteiger partial charge in [-0.15, -0.1) is 13.2 Å². The SMILES string of the molecule is C=CCc1cc(C(C)(C)c2ccc(O)c(CC=C)c2)ccc1O.CC(C)(c1ccc(O)cc1)c1ccc(O)cc1.CC=Cc1cc(C(C)(C)c2ccc(Oc3ccc(C(=O)c4ccc(Oc5ccc(C(C)(C)c6ccc(Oc7ccc(C(=O)c8ccc(C)cc8)cc7)cc6)cc5)cc4)cc3)c(C=CC)c2)ccc1OC.O=C(c1ccc(F)cc1)c1ccc(F)cc1. The van der Waals surface area contributed by atoms with Gasteiger partial charge in [-0.05, 0) is 296 Å². The molecule has 0 aromatic heterocycles. The largest absolute Gasteiger partial charge is 0.508 e. The predicted molar refractivity (Wildman–Crippen MR) is 504 cm³/mol. The third-order valence-electron chi connectivity index (χ3n) is 22.6. The molecule has 0 unspecified atom stereocenters. The van der Waals surface area contributed by atoms with Crippen LogP contribution < -0.4 is 18.9 Å². The minimum atomic E-state index is -0.393. The Hall–Kier alpha value is -14.7. The number of phenolic OH excluding ortho intramolecular Hbond substituents is 4. The molecule has 14 aromatic carbocycles. The number of aryl methyl sites for hydroxylation is 1. The number of ketones is 3. The zero-order valence-electron chi connectivity index (χ0n) is 73.2. The highest BCUT2D eigenvalue weighted by molar-refractivity contribution is 6.10. The fraction of sp³-hybridized carbons (Fsp3) is 0.159. The van der Waals surface area contributed by atoms with E-state index in [0.717, 1.165) is 78.3 Å². The van der Waals surface area contributed by atoms with E-state index in [-0.39, 0.29) is 50.5 Å². The van der Waals surface area contributed by atoms with Gasteiger partial charge in [-0.3, -0.25) is 14.4 Å². The molecule has 0 fully saturated rings. The van der Waals surface area contributed by atoms with Gasteiger partial charge in [0.2, 0.25) is 0 Å². The van der Waals surface area contributed by atoms with Crippen LogP contribution in [0.1, 0.15) is 189 Å². The number of ether oxygens (including phenoxy) is 4. The van der Waals surface area contributed by atoms with Crippen molar-refractivity contribution in [1.82, 2.24) is 0 Å². The van der Waals surface area contributed by atoms with Gasteiger partial charge in [0, 0.05) is 66.2 Å². The summed E-state index contributed by atoms with van der Waals surface area (Å²) in [4.78, 5) is 38.3. The van der Waals surface area contributed by atoms with Gasteiger partial charge in [0.1, 0.15) is 74.9 Å². The van der Waals surface area contributed by atoms with Gasteiger partial charge in [-0.25, -0.2) is 8.78 Å². The third-order valence-corrected chi connectivity index (χ3v) is 22.6. The molecule has 14 aromatic rings. The molecule has 0 amide bonds. The Morgan fingerprint density at radius 3 is 0.873 bits per heavy atom. The van der Waals surface area contributed by atoms with E-state index >= 15 is 0 Å². The highest BCUT2D eigenvalue weighted by Crippen LogP contribution is 2.42. The van der Waals surface area contributed by atoms with Crippen LogP contribution in [-0.4, -0.2) is 44.9 Å². The summed E-state index contributed by atoms with van der Waals surface area (Å²) in [6.07, 6.45) is 13.0. The number of hydrogen-bond acceptors (Lipinski definition) is 11. The molecular weight excluding hydrogens is 1570 g/mol. The highest BCUT2D eigenvalue weighted by atomic mass is 19.1. The van der Waals surface area contributed by atoms with Crippen LogP contribution >= 0.6 is 0 Å². The number of carbonyl (C=O) groups excluding carboxylic acids is 3. The fourth-order valence-corrected chi connectivity index (χ4v) is 14.5. The van der Waals surface area contributed by atoms with E-state index in [0.29, 0.717) is 86.5 Å². The maximum Gasteiger partial charge on any atom is 0.193 e. The van der Waals surface area contributed by atoms with Gasteiger partial charge in [0.05, 0.1) is 7.11 Å². The predicted octanol–water partition coefficient (Wildman–Crippen LogP) is 28.1. The summed E-state index contributed by atoms with van der Waals surface area (Å²) >= 11 is 0. The molecule has 0 heterocycles. The summed E-state index contributed by atoms with van der Waals surface area (Å²) in [5.74, 6) is 4.87. The van der Waals surface area contributed by atoms with Crippen LogP contribution in [0.4, 0.5) is 8.78 Å². The number of phenols is 4. The normalized spacial score (nSPS) is 11.4. The molecule has 13 heteroatoms. The van der Waals surface area contributed by atoms with Crippen LogP contribution in [0.25, 0.3) is 12.2 Å². The maximum atomic E-state index is 13.6. The molecule has 0 saturated heterocycles. The summed E-state index contributed by atoms with van der Waals surface area (Å²) in [7, 11) is 1.70. The van der Waals surface area contributed by atoms with Gasteiger partial charge in [-0.1, -0.05) is 207 Å². The molecule has 126 heavy (non-hydrogen) atoms. The molecule has 11 nitrogen and oxygen atoms in total. The molecule has 4 N–H and O–H groups in total. The van der Waals surface area contributed by atoms with Crippen molar-refractivity contribution < 1.29 is 62.5 Å². The minimum Gasteiger partial charge on any atom is -0.508 e. The molecule has 638 valence electrons. The monoisotopic (exact) mass is 1680 g/mol. The lowest BCUT2D eigenvalue weighted by Gasteiger charge is -2.28. The average molecular weight is 1680 g/mol. The number of allylic oxidation sites excluding steroid dienone is 4. The number of methoxy groups -OCH3 is 1. The van der Waals surface area contributed by atoms with E-state index in [1.54, 1.807) is 92.1 Å². The second kappa shape index (κ2) is 41.5. The smallest absolute Gasteiger partial charge is 0.193 e. The quantitative estimate of drug-likeness (QED) is 0.0286. The second-order valence-electron chi connectivity index (χ2n) is 32.8. The van der Waals surface area contributed by atoms with E-state index in [2.05, 4.69) is 129 Å². The molecular formula is C113H106F2O11. The molecule has 0 aliphatic carbocycles.